The molecule has 1 heterocycles. The van der Waals surface area contributed by atoms with Gasteiger partial charge in [0.05, 0.1) is 0 Å². The molecule has 26 heavy (non-hydrogen) atoms. The lowest BCUT2D eigenvalue weighted by molar-refractivity contribution is 0.100. The highest BCUT2D eigenvalue weighted by Gasteiger charge is 2.47. The topological polar surface area (TPSA) is 119 Å². The Hall–Kier alpha value is -2.67. The quantitative estimate of drug-likeness (QED) is 0.607. The first-order chi connectivity index (χ1) is 12.3. The molecular weight excluding hydrogens is 328 g/mol. The molecule has 0 aliphatic heterocycles. The van der Waals surface area contributed by atoms with E-state index in [0.29, 0.717) is 17.7 Å². The van der Waals surface area contributed by atoms with Gasteiger partial charge in [-0.3, -0.25) is 4.79 Å². The molecule has 1 atom stereocenters. The van der Waals surface area contributed by atoms with E-state index >= 15 is 0 Å². The zero-order chi connectivity index (χ0) is 18.9. The lowest BCUT2D eigenvalue weighted by Crippen LogP contribution is -2.46. The van der Waals surface area contributed by atoms with Gasteiger partial charge in [-0.1, -0.05) is 26.0 Å². The Bertz CT molecular complexity index is 815. The Morgan fingerprint density at radius 3 is 2.62 bits per heavy atom. The van der Waals surface area contributed by atoms with Crippen molar-refractivity contribution in [2.45, 2.75) is 45.2 Å². The zero-order valence-electron chi connectivity index (χ0n) is 15.4. The molecule has 1 aliphatic carbocycles. The average Bonchev–Trinajstić information content (AvgIpc) is 3.30. The lowest BCUT2D eigenvalue weighted by Gasteiger charge is -2.28. The van der Waals surface area contributed by atoms with E-state index in [0.717, 1.165) is 24.1 Å². The summed E-state index contributed by atoms with van der Waals surface area (Å²) in [5, 5.41) is 6.51. The summed E-state index contributed by atoms with van der Waals surface area (Å²) in [7, 11) is 0. The molecule has 1 aromatic heterocycles. The maximum atomic E-state index is 11.8. The second-order valence-corrected chi connectivity index (χ2v) is 7.41. The smallest absolute Gasteiger partial charge is 0.254 e. The second kappa shape index (κ2) is 6.92. The zero-order valence-corrected chi connectivity index (χ0v) is 15.4. The summed E-state index contributed by atoms with van der Waals surface area (Å²) in [6.07, 6.45) is 3.41. The van der Waals surface area contributed by atoms with Crippen LogP contribution in [-0.2, 0) is 0 Å². The molecule has 0 bridgehead atoms. The van der Waals surface area contributed by atoms with Gasteiger partial charge >= 0.3 is 0 Å². The summed E-state index contributed by atoms with van der Waals surface area (Å²) >= 11 is 0. The average molecular weight is 354 g/mol. The van der Waals surface area contributed by atoms with E-state index in [4.69, 9.17) is 11.5 Å². The first-order valence-electron chi connectivity index (χ1n) is 8.84. The Labute approximate surface area is 153 Å². The van der Waals surface area contributed by atoms with Crippen LogP contribution in [0.4, 0.5) is 17.5 Å². The number of anilines is 3. The number of amides is 1. The molecule has 0 saturated heterocycles. The van der Waals surface area contributed by atoms with Gasteiger partial charge in [0, 0.05) is 23.5 Å². The first-order valence-corrected chi connectivity index (χ1v) is 8.84. The van der Waals surface area contributed by atoms with Crippen molar-refractivity contribution in [1.29, 1.82) is 0 Å². The molecule has 0 radical (unpaired) electrons. The number of nitrogens with one attached hydrogen (secondary N) is 2. The summed E-state index contributed by atoms with van der Waals surface area (Å²) in [5.41, 5.74) is 13.8. The minimum absolute atomic E-state index is 0.0637. The van der Waals surface area contributed by atoms with Crippen molar-refractivity contribution in [3.63, 3.8) is 0 Å². The van der Waals surface area contributed by atoms with Crippen LogP contribution < -0.4 is 22.1 Å². The molecule has 1 aliphatic rings. The Morgan fingerprint density at radius 2 is 2.04 bits per heavy atom. The largest absolute Gasteiger partial charge is 0.365 e. The molecule has 1 saturated carbocycles. The molecule has 138 valence electrons. The van der Waals surface area contributed by atoms with Gasteiger partial charge in [0.1, 0.15) is 11.4 Å². The number of hydrogen-bond donors (Lipinski definition) is 4. The molecule has 3 rings (SSSR count). The SMILES string of the molecule is Cc1cccc(Nc2nc(NC(C(C)C)C3(N)CC3)ncc2C(N)=O)c1. The van der Waals surface area contributed by atoms with Crippen LogP contribution in [0.15, 0.2) is 30.5 Å². The van der Waals surface area contributed by atoms with Crippen molar-refractivity contribution in [3.05, 3.63) is 41.6 Å². The van der Waals surface area contributed by atoms with Crippen molar-refractivity contribution < 1.29 is 4.79 Å². The number of carbonyl (C=O) groups is 1. The minimum Gasteiger partial charge on any atom is -0.365 e. The molecule has 6 N–H and O–H groups in total. The van der Waals surface area contributed by atoms with Crippen molar-refractivity contribution in [1.82, 2.24) is 9.97 Å². The fourth-order valence-corrected chi connectivity index (χ4v) is 3.16. The number of hydrogen-bond acceptors (Lipinski definition) is 6. The van der Waals surface area contributed by atoms with Crippen LogP contribution in [0.2, 0.25) is 0 Å². The van der Waals surface area contributed by atoms with E-state index in [9.17, 15) is 4.79 Å². The fraction of sp³-hybridized carbons (Fsp3) is 0.421. The molecule has 1 amide bonds. The number of benzene rings is 1. The highest BCUT2D eigenvalue weighted by molar-refractivity contribution is 5.98. The molecule has 2 aromatic rings. The van der Waals surface area contributed by atoms with Crippen LogP contribution in [0.5, 0.6) is 0 Å². The summed E-state index contributed by atoms with van der Waals surface area (Å²) in [6, 6.07) is 7.87. The summed E-state index contributed by atoms with van der Waals surface area (Å²) in [6.45, 7) is 6.24. The van der Waals surface area contributed by atoms with Crippen LogP contribution in [0.1, 0.15) is 42.6 Å². The molecule has 0 spiro atoms. The van der Waals surface area contributed by atoms with Gasteiger partial charge in [0.15, 0.2) is 0 Å². The van der Waals surface area contributed by atoms with E-state index in [1.807, 2.05) is 31.2 Å². The second-order valence-electron chi connectivity index (χ2n) is 7.41. The standard InChI is InChI=1S/C19H26N6O/c1-11(2)15(19(21)7-8-19)24-18-22-10-14(16(20)26)17(25-18)23-13-6-4-5-12(3)9-13/h4-6,9-11,15H,7-8,21H2,1-3H3,(H2,20,26)(H2,22,23,24,25). The van der Waals surface area contributed by atoms with Crippen LogP contribution in [-0.4, -0.2) is 27.5 Å². The monoisotopic (exact) mass is 354 g/mol. The first kappa shape index (κ1) is 18.1. The molecule has 7 nitrogen and oxygen atoms in total. The third-order valence-electron chi connectivity index (χ3n) is 4.73. The highest BCUT2D eigenvalue weighted by atomic mass is 16.1. The summed E-state index contributed by atoms with van der Waals surface area (Å²) in [5.74, 6) is 0.560. The molecule has 1 unspecified atom stereocenters. The van der Waals surface area contributed by atoms with Crippen LogP contribution in [0, 0.1) is 12.8 Å². The van der Waals surface area contributed by atoms with Crippen molar-refractivity contribution in [2.24, 2.45) is 17.4 Å². The Balaban J connectivity index is 1.89. The molecule has 7 heteroatoms. The van der Waals surface area contributed by atoms with Crippen molar-refractivity contribution in [3.8, 4) is 0 Å². The lowest BCUT2D eigenvalue weighted by atomic mass is 9.95. The van der Waals surface area contributed by atoms with E-state index in [1.165, 1.54) is 6.20 Å². The number of nitrogens with two attached hydrogens (primary N) is 2. The summed E-state index contributed by atoms with van der Waals surface area (Å²) in [4.78, 5) is 20.5. The van der Waals surface area contributed by atoms with Crippen molar-refractivity contribution >= 4 is 23.4 Å². The van der Waals surface area contributed by atoms with Gasteiger partial charge < -0.3 is 22.1 Å². The third kappa shape index (κ3) is 3.94. The van der Waals surface area contributed by atoms with E-state index in [-0.39, 0.29) is 17.1 Å². The number of primary amides is 1. The van der Waals surface area contributed by atoms with Crippen LogP contribution in [0.3, 0.4) is 0 Å². The number of nitrogens with zero attached hydrogens (tertiary/aromatic N) is 2. The van der Waals surface area contributed by atoms with Gasteiger partial charge in [0.2, 0.25) is 5.95 Å². The maximum Gasteiger partial charge on any atom is 0.254 e. The highest BCUT2D eigenvalue weighted by Crippen LogP contribution is 2.39. The number of rotatable bonds is 7. The Kier molecular flexibility index (Phi) is 4.82. The minimum atomic E-state index is -0.579. The molecule has 1 aromatic carbocycles. The maximum absolute atomic E-state index is 11.8. The van der Waals surface area contributed by atoms with E-state index in [2.05, 4.69) is 34.4 Å². The van der Waals surface area contributed by atoms with Gasteiger partial charge in [-0.15, -0.1) is 0 Å². The van der Waals surface area contributed by atoms with Gasteiger partial charge in [-0.2, -0.15) is 4.98 Å². The predicted molar refractivity (Wildman–Crippen MR) is 103 cm³/mol. The van der Waals surface area contributed by atoms with Crippen molar-refractivity contribution in [2.75, 3.05) is 10.6 Å². The molecular formula is C19H26N6O. The van der Waals surface area contributed by atoms with Gasteiger partial charge in [0.25, 0.3) is 5.91 Å². The van der Waals surface area contributed by atoms with E-state index < -0.39 is 5.91 Å². The molecule has 1 fully saturated rings. The number of carbonyl (C=O) groups excluding carboxylic acids is 1. The number of aromatic nitrogens is 2. The van der Waals surface area contributed by atoms with Crippen LogP contribution >= 0.6 is 0 Å². The third-order valence-corrected chi connectivity index (χ3v) is 4.73. The fourth-order valence-electron chi connectivity index (χ4n) is 3.16. The van der Waals surface area contributed by atoms with E-state index in [1.54, 1.807) is 0 Å². The normalized spacial score (nSPS) is 16.2. The van der Waals surface area contributed by atoms with Crippen LogP contribution in [0.25, 0.3) is 0 Å². The van der Waals surface area contributed by atoms with Gasteiger partial charge in [-0.05, 0) is 43.4 Å². The predicted octanol–water partition coefficient (Wildman–Crippen LogP) is 2.56. The summed E-state index contributed by atoms with van der Waals surface area (Å²) < 4.78 is 0. The van der Waals surface area contributed by atoms with Gasteiger partial charge in [-0.25, -0.2) is 4.98 Å². The Morgan fingerprint density at radius 1 is 1.31 bits per heavy atom. The number of aryl methyl sites for hydroxylation is 1.